The van der Waals surface area contributed by atoms with Gasteiger partial charge in [0.15, 0.2) is 0 Å². The number of hydrogen-bond acceptors (Lipinski definition) is 6. The molecule has 1 aromatic rings. The zero-order chi connectivity index (χ0) is 17.5. The van der Waals surface area contributed by atoms with Crippen LogP contribution in [0.3, 0.4) is 0 Å². The van der Waals surface area contributed by atoms with Gasteiger partial charge in [-0.2, -0.15) is 0 Å². The number of rotatable bonds is 10. The van der Waals surface area contributed by atoms with Crippen molar-refractivity contribution in [3.63, 3.8) is 0 Å². The van der Waals surface area contributed by atoms with Crippen molar-refractivity contribution >= 4 is 25.8 Å². The van der Waals surface area contributed by atoms with E-state index in [1.54, 1.807) is 45.9 Å². The molecule has 0 aromatic heterocycles. The molecule has 6 nitrogen and oxygen atoms in total. The molecule has 0 atom stereocenters. The Hall–Kier alpha value is -0.480. The summed E-state index contributed by atoms with van der Waals surface area (Å²) in [4.78, 5) is 0. The Morgan fingerprint density at radius 1 is 0.739 bits per heavy atom. The van der Waals surface area contributed by atoms with Crippen LogP contribution in [0.1, 0.15) is 33.3 Å². The molecule has 0 unspecified atom stereocenters. The highest BCUT2D eigenvalue weighted by molar-refractivity contribution is 7.68. The maximum Gasteiger partial charge on any atom is 0.362 e. The Balaban J connectivity index is 3.56. The van der Waals surface area contributed by atoms with E-state index >= 15 is 0 Å². The van der Waals surface area contributed by atoms with Crippen LogP contribution in [-0.4, -0.2) is 26.4 Å². The molecule has 0 heterocycles. The molecule has 8 heteroatoms. The summed E-state index contributed by atoms with van der Waals surface area (Å²) < 4.78 is 47.9. The van der Waals surface area contributed by atoms with Gasteiger partial charge in [0.05, 0.1) is 37.0 Å². The fourth-order valence-corrected chi connectivity index (χ4v) is 6.24. The molecular formula is C15H26O6P2. The van der Waals surface area contributed by atoms with Crippen LogP contribution in [0.15, 0.2) is 18.2 Å². The minimum Gasteiger partial charge on any atom is -0.305 e. The number of hydrogen-bond donors (Lipinski definition) is 0. The summed E-state index contributed by atoms with van der Waals surface area (Å²) in [5.41, 5.74) is 0.850. The minimum absolute atomic E-state index is 0.207. The van der Waals surface area contributed by atoms with Crippen molar-refractivity contribution in [2.75, 3.05) is 26.4 Å². The summed E-state index contributed by atoms with van der Waals surface area (Å²) in [5, 5.41) is 0.475. The lowest BCUT2D eigenvalue weighted by molar-refractivity contribution is 0.226. The van der Waals surface area contributed by atoms with E-state index in [0.717, 1.165) is 5.56 Å². The lowest BCUT2D eigenvalue weighted by atomic mass is 10.2. The van der Waals surface area contributed by atoms with Gasteiger partial charge in [0.2, 0.25) is 0 Å². The van der Waals surface area contributed by atoms with Crippen LogP contribution in [-0.2, 0) is 27.2 Å². The van der Waals surface area contributed by atoms with Crippen LogP contribution in [0.2, 0.25) is 0 Å². The highest BCUT2D eigenvalue weighted by atomic mass is 31.2. The zero-order valence-corrected chi connectivity index (χ0v) is 16.2. The fraction of sp³-hybridized carbons (Fsp3) is 0.600. The largest absolute Gasteiger partial charge is 0.362 e. The van der Waals surface area contributed by atoms with Crippen molar-refractivity contribution in [3.05, 3.63) is 23.8 Å². The molecule has 0 saturated carbocycles. The van der Waals surface area contributed by atoms with Gasteiger partial charge in [-0.3, -0.25) is 9.13 Å². The first-order valence-corrected chi connectivity index (χ1v) is 10.8. The topological polar surface area (TPSA) is 71.1 Å². The van der Waals surface area contributed by atoms with Crippen molar-refractivity contribution < 1.29 is 27.2 Å². The van der Waals surface area contributed by atoms with E-state index in [-0.39, 0.29) is 37.0 Å². The van der Waals surface area contributed by atoms with Gasteiger partial charge in [0.25, 0.3) is 0 Å². The van der Waals surface area contributed by atoms with E-state index < -0.39 is 15.2 Å². The van der Waals surface area contributed by atoms with Gasteiger partial charge >= 0.3 is 15.2 Å². The number of aryl methyl sites for hydroxylation is 1. The SMILES string of the molecule is CCOP(=O)(OCC)c1ccc(C)cc1P(=O)(OCC)OCC. The monoisotopic (exact) mass is 364 g/mol. The average molecular weight is 364 g/mol. The van der Waals surface area contributed by atoms with Crippen molar-refractivity contribution in [2.24, 2.45) is 0 Å². The summed E-state index contributed by atoms with van der Waals surface area (Å²) in [6, 6.07) is 5.04. The van der Waals surface area contributed by atoms with Crippen molar-refractivity contribution in [1.29, 1.82) is 0 Å². The van der Waals surface area contributed by atoms with Gasteiger partial charge in [-0.1, -0.05) is 11.6 Å². The highest BCUT2D eigenvalue weighted by Crippen LogP contribution is 2.52. The first kappa shape index (κ1) is 20.6. The average Bonchev–Trinajstić information content (AvgIpc) is 2.48. The lowest BCUT2D eigenvalue weighted by Crippen LogP contribution is -2.29. The van der Waals surface area contributed by atoms with Gasteiger partial charge in [-0.25, -0.2) is 0 Å². The maximum absolute atomic E-state index is 13.2. The summed E-state index contributed by atoms with van der Waals surface area (Å²) in [7, 11) is -7.22. The Kier molecular flexibility index (Phi) is 8.15. The van der Waals surface area contributed by atoms with Crippen LogP contribution in [0.25, 0.3) is 0 Å². The molecule has 0 spiro atoms. The Labute approximate surface area is 138 Å². The van der Waals surface area contributed by atoms with E-state index in [9.17, 15) is 9.13 Å². The number of benzene rings is 1. The Bertz CT molecular complexity index is 582. The first-order chi connectivity index (χ1) is 10.9. The molecule has 132 valence electrons. The molecule has 0 saturated heterocycles. The van der Waals surface area contributed by atoms with Crippen LogP contribution >= 0.6 is 15.2 Å². The molecule has 1 rings (SSSR count). The molecule has 0 aliphatic heterocycles. The maximum atomic E-state index is 13.2. The van der Waals surface area contributed by atoms with Gasteiger partial charge in [0.1, 0.15) is 0 Å². The van der Waals surface area contributed by atoms with E-state index in [1.165, 1.54) is 0 Å². The smallest absolute Gasteiger partial charge is 0.305 e. The summed E-state index contributed by atoms with van der Waals surface area (Å²) >= 11 is 0. The summed E-state index contributed by atoms with van der Waals surface area (Å²) in [6.07, 6.45) is 0. The normalized spacial score (nSPS) is 12.6. The molecular weight excluding hydrogens is 338 g/mol. The van der Waals surface area contributed by atoms with Crippen molar-refractivity contribution in [3.8, 4) is 0 Å². The Morgan fingerprint density at radius 2 is 1.13 bits per heavy atom. The van der Waals surface area contributed by atoms with E-state index in [4.69, 9.17) is 18.1 Å². The van der Waals surface area contributed by atoms with E-state index in [1.807, 2.05) is 6.92 Å². The van der Waals surface area contributed by atoms with Gasteiger partial charge in [-0.15, -0.1) is 0 Å². The molecule has 0 aliphatic carbocycles. The fourth-order valence-electron chi connectivity index (χ4n) is 2.12. The van der Waals surface area contributed by atoms with E-state index in [2.05, 4.69) is 0 Å². The summed E-state index contributed by atoms with van der Waals surface area (Å²) in [5.74, 6) is 0. The molecule has 1 aromatic carbocycles. The first-order valence-electron chi connectivity index (χ1n) is 7.76. The quantitative estimate of drug-likeness (QED) is 0.589. The van der Waals surface area contributed by atoms with Crippen molar-refractivity contribution in [1.82, 2.24) is 0 Å². The van der Waals surface area contributed by atoms with Crippen LogP contribution in [0, 0.1) is 6.92 Å². The zero-order valence-electron chi connectivity index (χ0n) is 14.4. The van der Waals surface area contributed by atoms with Crippen LogP contribution in [0.5, 0.6) is 0 Å². The lowest BCUT2D eigenvalue weighted by Gasteiger charge is -2.24. The van der Waals surface area contributed by atoms with Gasteiger partial charge < -0.3 is 18.1 Å². The van der Waals surface area contributed by atoms with Crippen LogP contribution < -0.4 is 10.6 Å². The molecule has 0 amide bonds. The molecule has 0 bridgehead atoms. The third kappa shape index (κ3) is 4.99. The second kappa shape index (κ2) is 9.12. The molecule has 0 N–H and O–H groups in total. The van der Waals surface area contributed by atoms with Crippen molar-refractivity contribution in [2.45, 2.75) is 34.6 Å². The van der Waals surface area contributed by atoms with Crippen LogP contribution in [0.4, 0.5) is 0 Å². The molecule has 0 aliphatic rings. The second-order valence-corrected chi connectivity index (χ2v) is 8.64. The Morgan fingerprint density at radius 3 is 1.52 bits per heavy atom. The summed E-state index contributed by atoms with van der Waals surface area (Å²) in [6.45, 7) is 9.58. The second-order valence-electron chi connectivity index (χ2n) is 4.66. The van der Waals surface area contributed by atoms with E-state index in [0.29, 0.717) is 0 Å². The minimum atomic E-state index is -3.61. The standard InChI is InChI=1S/C15H26O6P2/c1-6-18-22(16,19-7-2)14-11-10-13(5)12-15(14)23(17,20-8-3)21-9-4/h10-12H,6-9H2,1-5H3. The van der Waals surface area contributed by atoms with Gasteiger partial charge in [-0.05, 0) is 46.8 Å². The third-order valence-electron chi connectivity index (χ3n) is 2.92. The predicted octanol–water partition coefficient (Wildman–Crippen LogP) is 3.78. The molecule has 0 radical (unpaired) electrons. The molecule has 0 fully saturated rings. The third-order valence-corrected chi connectivity index (χ3v) is 7.43. The van der Waals surface area contributed by atoms with Gasteiger partial charge in [0, 0.05) is 0 Å². The highest BCUT2D eigenvalue weighted by Gasteiger charge is 2.38. The predicted molar refractivity (Wildman–Crippen MR) is 92.2 cm³/mol. The molecule has 23 heavy (non-hydrogen) atoms.